The number of halogens is 1. The van der Waals surface area contributed by atoms with Crippen molar-refractivity contribution < 1.29 is 4.42 Å². The number of para-hydroxylation sites is 2. The van der Waals surface area contributed by atoms with E-state index in [1.165, 1.54) is 5.52 Å². The Bertz CT molecular complexity index is 954. The van der Waals surface area contributed by atoms with Crippen molar-refractivity contribution in [2.75, 3.05) is 13.6 Å². The average Bonchev–Trinajstić information content (AvgIpc) is 3.25. The van der Waals surface area contributed by atoms with Crippen LogP contribution in [0.25, 0.3) is 11.0 Å². The molecule has 3 rings (SSSR count). The van der Waals surface area contributed by atoms with E-state index in [0.29, 0.717) is 12.4 Å². The Morgan fingerprint density at radius 2 is 1.97 bits per heavy atom. The summed E-state index contributed by atoms with van der Waals surface area (Å²) < 4.78 is 8.06. The maximum absolute atomic E-state index is 5.80. The highest BCUT2D eigenvalue weighted by atomic mass is 127. The van der Waals surface area contributed by atoms with Crippen LogP contribution < -0.4 is 10.6 Å². The Kier molecular flexibility index (Phi) is 8.06. The highest BCUT2D eigenvalue weighted by Crippen LogP contribution is 2.22. The second kappa shape index (κ2) is 10.1. The van der Waals surface area contributed by atoms with Gasteiger partial charge in [0.05, 0.1) is 23.8 Å². The Morgan fingerprint density at radius 1 is 1.21 bits per heavy atom. The van der Waals surface area contributed by atoms with E-state index in [1.807, 2.05) is 6.07 Å². The number of hydrogen-bond acceptors (Lipinski definition) is 4. The summed E-state index contributed by atoms with van der Waals surface area (Å²) in [6.07, 6.45) is 2.76. The van der Waals surface area contributed by atoms with Gasteiger partial charge in [0, 0.05) is 25.6 Å². The number of benzene rings is 1. The summed E-state index contributed by atoms with van der Waals surface area (Å²) in [5.74, 6) is 3.33. The zero-order valence-corrected chi connectivity index (χ0v) is 20.2. The number of oxazole rings is 1. The minimum Gasteiger partial charge on any atom is -0.443 e. The normalized spacial score (nSPS) is 12.1. The van der Waals surface area contributed by atoms with Crippen LogP contribution in [-0.4, -0.2) is 34.1 Å². The first-order valence-corrected chi connectivity index (χ1v) is 9.70. The quantitative estimate of drug-likeness (QED) is 0.227. The Balaban J connectivity index is 0.00000300. The second-order valence-electron chi connectivity index (χ2n) is 7.87. The summed E-state index contributed by atoms with van der Waals surface area (Å²) in [4.78, 5) is 13.2. The Hall–Kier alpha value is -2.10. The number of imidazole rings is 1. The molecule has 0 saturated heterocycles. The van der Waals surface area contributed by atoms with Gasteiger partial charge >= 0.3 is 0 Å². The molecule has 2 heterocycles. The molecule has 0 bridgehead atoms. The summed E-state index contributed by atoms with van der Waals surface area (Å²) in [6.45, 7) is 10.6. The van der Waals surface area contributed by atoms with Crippen LogP contribution in [0.15, 0.2) is 39.9 Å². The van der Waals surface area contributed by atoms with Crippen molar-refractivity contribution in [3.05, 3.63) is 47.9 Å². The second-order valence-corrected chi connectivity index (χ2v) is 7.87. The average molecular weight is 510 g/mol. The smallest absolute Gasteiger partial charge is 0.213 e. The molecule has 2 N–H and O–H groups in total. The van der Waals surface area contributed by atoms with E-state index < -0.39 is 0 Å². The fraction of sp³-hybridized carbons (Fsp3) is 0.476. The summed E-state index contributed by atoms with van der Waals surface area (Å²) in [5, 5.41) is 6.59. The van der Waals surface area contributed by atoms with Crippen molar-refractivity contribution >= 4 is 41.0 Å². The number of aryl methyl sites for hydroxylation is 2. The zero-order valence-electron chi connectivity index (χ0n) is 17.8. The summed E-state index contributed by atoms with van der Waals surface area (Å²) in [6, 6.07) is 8.24. The van der Waals surface area contributed by atoms with E-state index in [2.05, 4.69) is 76.1 Å². The first-order chi connectivity index (χ1) is 13.4. The van der Waals surface area contributed by atoms with E-state index in [9.17, 15) is 0 Å². The van der Waals surface area contributed by atoms with E-state index in [1.54, 1.807) is 13.2 Å². The van der Waals surface area contributed by atoms with Gasteiger partial charge in [-0.25, -0.2) is 9.97 Å². The van der Waals surface area contributed by atoms with Crippen molar-refractivity contribution in [2.45, 2.75) is 52.6 Å². The number of guanidine groups is 1. The minimum atomic E-state index is -0.0409. The third kappa shape index (κ3) is 5.94. The van der Waals surface area contributed by atoms with Crippen molar-refractivity contribution in [2.24, 2.45) is 4.99 Å². The maximum Gasteiger partial charge on any atom is 0.213 e. The lowest BCUT2D eigenvalue weighted by Gasteiger charge is -2.13. The van der Waals surface area contributed by atoms with Gasteiger partial charge in [0.1, 0.15) is 11.6 Å². The van der Waals surface area contributed by atoms with Crippen LogP contribution in [-0.2, 0) is 18.5 Å². The van der Waals surface area contributed by atoms with E-state index in [-0.39, 0.29) is 29.4 Å². The molecule has 0 aliphatic rings. The van der Waals surface area contributed by atoms with Crippen LogP contribution in [0.3, 0.4) is 0 Å². The summed E-state index contributed by atoms with van der Waals surface area (Å²) in [5.41, 5.74) is 2.19. The molecule has 0 atom stereocenters. The zero-order chi connectivity index (χ0) is 20.1. The molecule has 29 heavy (non-hydrogen) atoms. The number of aliphatic imine (C=N–C) groups is 1. The molecular weight excluding hydrogens is 479 g/mol. The highest BCUT2D eigenvalue weighted by molar-refractivity contribution is 14.0. The van der Waals surface area contributed by atoms with Crippen LogP contribution in [0, 0.1) is 6.92 Å². The van der Waals surface area contributed by atoms with Crippen LogP contribution in [0.5, 0.6) is 0 Å². The predicted molar refractivity (Wildman–Crippen MR) is 128 cm³/mol. The van der Waals surface area contributed by atoms with Crippen molar-refractivity contribution in [1.29, 1.82) is 0 Å². The van der Waals surface area contributed by atoms with Gasteiger partial charge < -0.3 is 19.6 Å². The molecular formula is C21H31IN6O. The molecule has 0 unspecified atom stereocenters. The number of fused-ring (bicyclic) bond motifs is 1. The molecule has 0 aliphatic heterocycles. The third-order valence-corrected chi connectivity index (χ3v) is 4.62. The molecule has 8 heteroatoms. The Morgan fingerprint density at radius 3 is 2.66 bits per heavy atom. The van der Waals surface area contributed by atoms with E-state index in [4.69, 9.17) is 4.42 Å². The summed E-state index contributed by atoms with van der Waals surface area (Å²) >= 11 is 0. The lowest BCUT2D eigenvalue weighted by atomic mass is 9.94. The topological polar surface area (TPSA) is 80.3 Å². The van der Waals surface area contributed by atoms with Gasteiger partial charge in [-0.15, -0.1) is 24.0 Å². The van der Waals surface area contributed by atoms with Crippen LogP contribution in [0.4, 0.5) is 0 Å². The lowest BCUT2D eigenvalue weighted by Crippen LogP contribution is -2.37. The number of hydrogen-bond donors (Lipinski definition) is 2. The third-order valence-electron chi connectivity index (χ3n) is 4.62. The molecule has 3 aromatic rings. The predicted octanol–water partition coefficient (Wildman–Crippen LogP) is 4.00. The summed E-state index contributed by atoms with van der Waals surface area (Å²) in [7, 11) is 1.76. The van der Waals surface area contributed by atoms with Crippen LogP contribution in [0.1, 0.15) is 44.7 Å². The number of aromatic nitrogens is 3. The Labute approximate surface area is 189 Å². The first-order valence-electron chi connectivity index (χ1n) is 9.70. The van der Waals surface area contributed by atoms with Gasteiger partial charge in [0.15, 0.2) is 5.96 Å². The molecule has 7 nitrogen and oxygen atoms in total. The molecule has 0 radical (unpaired) electrons. The molecule has 0 aliphatic carbocycles. The molecule has 0 spiro atoms. The monoisotopic (exact) mass is 510 g/mol. The minimum absolute atomic E-state index is 0. The number of nitrogens with zero attached hydrogens (tertiary/aromatic N) is 4. The van der Waals surface area contributed by atoms with E-state index in [0.717, 1.165) is 42.6 Å². The molecule has 1 aromatic carbocycles. The largest absolute Gasteiger partial charge is 0.443 e. The van der Waals surface area contributed by atoms with Crippen molar-refractivity contribution in [3.8, 4) is 0 Å². The van der Waals surface area contributed by atoms with Gasteiger partial charge in [-0.2, -0.15) is 0 Å². The van der Waals surface area contributed by atoms with E-state index >= 15 is 0 Å². The van der Waals surface area contributed by atoms with Gasteiger partial charge in [0.25, 0.3) is 0 Å². The molecule has 0 saturated carbocycles. The van der Waals surface area contributed by atoms with Gasteiger partial charge in [-0.1, -0.05) is 32.9 Å². The SMILES string of the molecule is CN=C(NCCCn1c(C)nc2ccccc21)NCc1ncc(C(C)(C)C)o1.I. The van der Waals surface area contributed by atoms with Gasteiger partial charge in [-0.05, 0) is 25.5 Å². The van der Waals surface area contributed by atoms with Crippen molar-refractivity contribution in [1.82, 2.24) is 25.2 Å². The van der Waals surface area contributed by atoms with Crippen LogP contribution in [0.2, 0.25) is 0 Å². The highest BCUT2D eigenvalue weighted by Gasteiger charge is 2.19. The molecule has 2 aromatic heterocycles. The lowest BCUT2D eigenvalue weighted by molar-refractivity contribution is 0.379. The van der Waals surface area contributed by atoms with Crippen molar-refractivity contribution in [3.63, 3.8) is 0 Å². The van der Waals surface area contributed by atoms with Crippen LogP contribution >= 0.6 is 24.0 Å². The first kappa shape index (κ1) is 23.2. The standard InChI is InChI=1S/C21H30N6O.HI/c1-15-26-16-9-6-7-10-17(16)27(15)12-8-11-23-20(22-5)25-14-19-24-13-18(28-19)21(2,3)4;/h6-7,9-10,13H,8,11-12,14H2,1-5H3,(H2,22,23,25);1H. The fourth-order valence-corrected chi connectivity index (χ4v) is 3.04. The molecule has 0 fully saturated rings. The molecule has 158 valence electrons. The number of nitrogens with one attached hydrogen (secondary N) is 2. The van der Waals surface area contributed by atoms with Gasteiger partial charge in [0.2, 0.25) is 5.89 Å². The fourth-order valence-electron chi connectivity index (χ4n) is 3.04. The van der Waals surface area contributed by atoms with Gasteiger partial charge in [-0.3, -0.25) is 4.99 Å². The maximum atomic E-state index is 5.80. The molecule has 0 amide bonds. The number of rotatable bonds is 6.